The lowest BCUT2D eigenvalue weighted by atomic mass is 10.0. The van der Waals surface area contributed by atoms with Crippen LogP contribution in [0.15, 0.2) is 18.2 Å². The molecule has 2 amide bonds. The minimum Gasteiger partial charge on any atom is -0.323 e. The lowest BCUT2D eigenvalue weighted by Crippen LogP contribution is -2.35. The van der Waals surface area contributed by atoms with Gasteiger partial charge in [-0.05, 0) is 24.1 Å². The summed E-state index contributed by atoms with van der Waals surface area (Å²) in [5.41, 5.74) is 2.66. The van der Waals surface area contributed by atoms with Crippen molar-refractivity contribution in [3.63, 3.8) is 0 Å². The van der Waals surface area contributed by atoms with Gasteiger partial charge in [0.25, 0.3) is 0 Å². The van der Waals surface area contributed by atoms with Crippen LogP contribution in [0, 0.1) is 0 Å². The van der Waals surface area contributed by atoms with E-state index in [0.717, 1.165) is 16.8 Å². The third kappa shape index (κ3) is 2.98. The molecule has 1 aliphatic heterocycles. The summed E-state index contributed by atoms with van der Waals surface area (Å²) in [6, 6.07) is 5.46. The van der Waals surface area contributed by atoms with E-state index in [1.807, 2.05) is 18.2 Å². The van der Waals surface area contributed by atoms with Crippen LogP contribution in [0.2, 0.25) is 0 Å². The van der Waals surface area contributed by atoms with Crippen molar-refractivity contribution in [2.45, 2.75) is 23.5 Å². The number of sulfone groups is 1. The molecule has 1 N–H and O–H groups in total. The Bertz CT molecular complexity index is 645. The predicted octanol–water partition coefficient (Wildman–Crippen LogP) is 2.53. The summed E-state index contributed by atoms with van der Waals surface area (Å²) in [5.74, 6) is 0. The average Bonchev–Trinajstić information content (AvgIpc) is 2.37. The van der Waals surface area contributed by atoms with Crippen LogP contribution in [0.25, 0.3) is 0 Å². The van der Waals surface area contributed by atoms with Gasteiger partial charge in [-0.2, -0.15) is 0 Å². The van der Waals surface area contributed by atoms with Crippen molar-refractivity contribution in [2.24, 2.45) is 0 Å². The normalized spacial score (nSPS) is 18.2. The third-order valence-corrected chi connectivity index (χ3v) is 6.83. The fourth-order valence-corrected chi connectivity index (χ4v) is 4.12. The number of anilines is 1. The molecular weight excluding hydrogens is 344 g/mol. The minimum absolute atomic E-state index is 0.134. The molecule has 1 aromatic carbocycles. The number of alkyl halides is 1. The molecule has 2 rings (SSSR count). The van der Waals surface area contributed by atoms with Gasteiger partial charge in [-0.1, -0.05) is 28.1 Å². The van der Waals surface area contributed by atoms with E-state index in [1.165, 1.54) is 6.26 Å². The van der Waals surface area contributed by atoms with Crippen LogP contribution in [-0.4, -0.2) is 37.9 Å². The Hall–Kier alpha value is -1.08. The number of hydrogen-bond donors (Lipinski definition) is 1. The Morgan fingerprint density at radius 2 is 2.05 bits per heavy atom. The lowest BCUT2D eigenvalue weighted by Gasteiger charge is -2.27. The van der Waals surface area contributed by atoms with Crippen LogP contribution in [0.1, 0.15) is 22.9 Å². The molecule has 0 saturated carbocycles. The van der Waals surface area contributed by atoms with E-state index in [-0.39, 0.29) is 10.9 Å². The summed E-state index contributed by atoms with van der Waals surface area (Å²) in [4.78, 5) is 12.8. The van der Waals surface area contributed by atoms with Crippen LogP contribution in [0.5, 0.6) is 0 Å². The highest BCUT2D eigenvalue weighted by Gasteiger charge is 2.27. The highest BCUT2D eigenvalue weighted by Crippen LogP contribution is 2.33. The van der Waals surface area contributed by atoms with Crippen LogP contribution in [0.4, 0.5) is 10.5 Å². The first kappa shape index (κ1) is 15.3. The molecule has 1 heterocycles. The molecule has 0 radical (unpaired) electrons. The second-order valence-electron chi connectivity index (χ2n) is 5.14. The summed E-state index contributed by atoms with van der Waals surface area (Å²) in [6.45, 7) is 2.20. The molecule has 0 spiro atoms. The van der Waals surface area contributed by atoms with Gasteiger partial charge in [0.1, 0.15) is 0 Å². The van der Waals surface area contributed by atoms with E-state index in [2.05, 4.69) is 21.2 Å². The topological polar surface area (TPSA) is 66.5 Å². The zero-order valence-electron chi connectivity index (χ0n) is 11.6. The summed E-state index contributed by atoms with van der Waals surface area (Å²) in [5, 5.41) is 2.27. The Kier molecular flexibility index (Phi) is 4.11. The van der Waals surface area contributed by atoms with Crippen LogP contribution in [0.3, 0.4) is 0 Å². The van der Waals surface area contributed by atoms with Crippen molar-refractivity contribution in [3.8, 4) is 0 Å². The second kappa shape index (κ2) is 5.37. The quantitative estimate of drug-likeness (QED) is 0.842. The molecule has 20 heavy (non-hydrogen) atoms. The van der Waals surface area contributed by atoms with Crippen molar-refractivity contribution in [3.05, 3.63) is 29.3 Å². The predicted molar refractivity (Wildman–Crippen MR) is 82.9 cm³/mol. The molecular formula is C13H17BrN2O3S. The Labute approximate surface area is 127 Å². The van der Waals surface area contributed by atoms with Gasteiger partial charge in [0.15, 0.2) is 9.84 Å². The molecule has 0 fully saturated rings. The largest absolute Gasteiger partial charge is 0.323 e. The molecule has 5 nitrogen and oxygen atoms in total. The number of halogens is 1. The maximum atomic E-state index is 11.6. The summed E-state index contributed by atoms with van der Waals surface area (Å²) in [7, 11) is -1.40. The first-order valence-corrected chi connectivity index (χ1v) is 9.05. The molecule has 2 atom stereocenters. The van der Waals surface area contributed by atoms with Gasteiger partial charge in [-0.25, -0.2) is 13.2 Å². The van der Waals surface area contributed by atoms with Crippen molar-refractivity contribution in [1.82, 2.24) is 4.90 Å². The molecule has 7 heteroatoms. The van der Waals surface area contributed by atoms with Crippen LogP contribution in [-0.2, 0) is 16.4 Å². The number of fused-ring (bicyclic) bond motifs is 1. The first-order chi connectivity index (χ1) is 9.20. The van der Waals surface area contributed by atoms with Crippen LogP contribution >= 0.6 is 15.9 Å². The molecule has 0 bridgehead atoms. The lowest BCUT2D eigenvalue weighted by molar-refractivity contribution is 0.218. The number of urea groups is 1. The number of carbonyl (C=O) groups is 1. The maximum Gasteiger partial charge on any atom is 0.321 e. The first-order valence-electron chi connectivity index (χ1n) is 6.18. The van der Waals surface area contributed by atoms with Crippen molar-refractivity contribution >= 4 is 37.5 Å². The molecule has 1 aliphatic rings. The molecule has 0 aromatic heterocycles. The van der Waals surface area contributed by atoms with Gasteiger partial charge in [0, 0.05) is 25.5 Å². The zero-order chi connectivity index (χ0) is 15.1. The van der Waals surface area contributed by atoms with Crippen LogP contribution < -0.4 is 5.32 Å². The van der Waals surface area contributed by atoms with Gasteiger partial charge in [0.05, 0.1) is 10.1 Å². The second-order valence-corrected chi connectivity index (χ2v) is 8.53. The summed E-state index contributed by atoms with van der Waals surface area (Å²) >= 11 is 3.46. The third-order valence-electron chi connectivity index (χ3n) is 3.53. The number of hydrogen-bond acceptors (Lipinski definition) is 3. The average molecular weight is 361 g/mol. The smallest absolute Gasteiger partial charge is 0.321 e. The Morgan fingerprint density at radius 3 is 2.65 bits per heavy atom. The standard InChI is InChI=1S/C13H17BrN2O3S/c1-8(20(3,18)19)12(14)9-4-5-11-10(6-9)7-16(2)13(17)15-11/h4-6,8,12H,7H2,1-3H3,(H,15,17). The highest BCUT2D eigenvalue weighted by atomic mass is 79.9. The monoisotopic (exact) mass is 360 g/mol. The minimum atomic E-state index is -3.12. The van der Waals surface area contributed by atoms with Gasteiger partial charge in [0.2, 0.25) is 0 Å². The van der Waals surface area contributed by atoms with Crippen molar-refractivity contribution < 1.29 is 13.2 Å². The Balaban J connectivity index is 2.32. The molecule has 110 valence electrons. The van der Waals surface area contributed by atoms with E-state index in [9.17, 15) is 13.2 Å². The van der Waals surface area contributed by atoms with E-state index >= 15 is 0 Å². The summed E-state index contributed by atoms with van der Waals surface area (Å²) < 4.78 is 23.3. The van der Waals surface area contributed by atoms with E-state index < -0.39 is 15.1 Å². The van der Waals surface area contributed by atoms with Gasteiger partial charge < -0.3 is 10.2 Å². The molecule has 0 saturated heterocycles. The molecule has 0 aliphatic carbocycles. The number of rotatable bonds is 3. The number of nitrogens with zero attached hydrogens (tertiary/aromatic N) is 1. The zero-order valence-corrected chi connectivity index (χ0v) is 14.0. The fourth-order valence-electron chi connectivity index (χ4n) is 2.06. The van der Waals surface area contributed by atoms with Crippen molar-refractivity contribution in [2.75, 3.05) is 18.6 Å². The Morgan fingerprint density at radius 1 is 1.40 bits per heavy atom. The summed E-state index contributed by atoms with van der Waals surface area (Å²) in [6.07, 6.45) is 1.23. The number of amides is 2. The SMILES string of the molecule is CC(C(Br)c1ccc2c(c1)CN(C)C(=O)N2)S(C)(=O)=O. The fraction of sp³-hybridized carbons (Fsp3) is 0.462. The van der Waals surface area contributed by atoms with Gasteiger partial charge in [-0.15, -0.1) is 0 Å². The number of nitrogens with one attached hydrogen (secondary N) is 1. The van der Waals surface area contributed by atoms with Gasteiger partial charge >= 0.3 is 6.03 Å². The van der Waals surface area contributed by atoms with E-state index in [1.54, 1.807) is 18.9 Å². The number of benzene rings is 1. The maximum absolute atomic E-state index is 11.6. The van der Waals surface area contributed by atoms with Crippen molar-refractivity contribution in [1.29, 1.82) is 0 Å². The van der Waals surface area contributed by atoms with E-state index in [4.69, 9.17) is 0 Å². The molecule has 2 unspecified atom stereocenters. The number of carbonyl (C=O) groups excluding carboxylic acids is 1. The molecule has 1 aromatic rings. The highest BCUT2D eigenvalue weighted by molar-refractivity contribution is 9.09. The van der Waals surface area contributed by atoms with Gasteiger partial charge in [-0.3, -0.25) is 0 Å². The van der Waals surface area contributed by atoms with E-state index in [0.29, 0.717) is 6.54 Å².